The van der Waals surface area contributed by atoms with Gasteiger partial charge in [0.1, 0.15) is 5.52 Å². The van der Waals surface area contributed by atoms with Crippen LogP contribution in [0.1, 0.15) is 15.9 Å². The van der Waals surface area contributed by atoms with Crippen molar-refractivity contribution in [1.82, 2.24) is 4.09 Å². The standard InChI is InChI=1S/C14H8ClNO3/c15-16-12-10(7-4-8-11(12)19-14(16)18)13(17)9-5-2-1-3-6-9/h1-8H. The Balaban J connectivity index is 2.26. The fraction of sp³-hybridized carbons (Fsp3) is 0. The molecule has 1 aromatic heterocycles. The van der Waals surface area contributed by atoms with Crippen molar-refractivity contribution in [3.8, 4) is 0 Å². The molecule has 3 aromatic rings. The minimum atomic E-state index is -0.704. The molecule has 0 spiro atoms. The molecule has 0 N–H and O–H groups in total. The van der Waals surface area contributed by atoms with E-state index in [1.54, 1.807) is 42.5 Å². The fourth-order valence-corrected chi connectivity index (χ4v) is 2.17. The van der Waals surface area contributed by atoms with Gasteiger partial charge in [0, 0.05) is 17.3 Å². The SMILES string of the molecule is O=C(c1ccccc1)c1cccc2oc(=O)n(Cl)c12. The van der Waals surface area contributed by atoms with E-state index in [1.807, 2.05) is 6.07 Å². The molecule has 0 aliphatic carbocycles. The molecule has 2 aromatic carbocycles. The number of aromatic nitrogens is 1. The van der Waals surface area contributed by atoms with Crippen LogP contribution in [0.2, 0.25) is 0 Å². The molecule has 94 valence electrons. The van der Waals surface area contributed by atoms with E-state index in [4.69, 9.17) is 16.2 Å². The van der Waals surface area contributed by atoms with Gasteiger partial charge in [-0.15, -0.1) is 0 Å². The molecule has 0 atom stereocenters. The van der Waals surface area contributed by atoms with Crippen molar-refractivity contribution in [3.05, 3.63) is 70.2 Å². The van der Waals surface area contributed by atoms with Crippen LogP contribution in [0, 0.1) is 0 Å². The monoisotopic (exact) mass is 273 g/mol. The van der Waals surface area contributed by atoms with Gasteiger partial charge >= 0.3 is 5.76 Å². The van der Waals surface area contributed by atoms with E-state index in [2.05, 4.69) is 0 Å². The van der Waals surface area contributed by atoms with Crippen molar-refractivity contribution in [2.24, 2.45) is 0 Å². The number of nitrogens with zero attached hydrogens (tertiary/aromatic N) is 1. The fourth-order valence-electron chi connectivity index (χ4n) is 1.96. The summed E-state index contributed by atoms with van der Waals surface area (Å²) in [6.45, 7) is 0. The zero-order valence-electron chi connectivity index (χ0n) is 9.67. The van der Waals surface area contributed by atoms with E-state index in [-0.39, 0.29) is 5.78 Å². The predicted molar refractivity (Wildman–Crippen MR) is 71.6 cm³/mol. The van der Waals surface area contributed by atoms with Crippen molar-refractivity contribution in [1.29, 1.82) is 0 Å². The van der Waals surface area contributed by atoms with Gasteiger partial charge < -0.3 is 4.42 Å². The van der Waals surface area contributed by atoms with Gasteiger partial charge in [0.15, 0.2) is 11.4 Å². The van der Waals surface area contributed by atoms with Gasteiger partial charge in [0.05, 0.1) is 5.56 Å². The van der Waals surface area contributed by atoms with E-state index in [1.165, 1.54) is 0 Å². The molecule has 0 saturated heterocycles. The summed E-state index contributed by atoms with van der Waals surface area (Å²) in [5.41, 5.74) is 1.45. The highest BCUT2D eigenvalue weighted by atomic mass is 35.5. The second-order valence-electron chi connectivity index (χ2n) is 4.00. The Morgan fingerprint density at radius 3 is 2.53 bits per heavy atom. The van der Waals surface area contributed by atoms with Crippen molar-refractivity contribution in [2.75, 3.05) is 0 Å². The Kier molecular flexibility index (Phi) is 2.72. The van der Waals surface area contributed by atoms with Crippen LogP contribution in [-0.4, -0.2) is 9.87 Å². The first-order valence-corrected chi connectivity index (χ1v) is 5.93. The molecule has 0 unspecified atom stereocenters. The molecule has 0 aliphatic heterocycles. The van der Waals surface area contributed by atoms with Gasteiger partial charge in [0.2, 0.25) is 0 Å². The highest BCUT2D eigenvalue weighted by Crippen LogP contribution is 2.21. The number of para-hydroxylation sites is 1. The number of fused-ring (bicyclic) bond motifs is 1. The number of rotatable bonds is 2. The molecule has 0 aliphatic rings. The molecule has 0 bridgehead atoms. The summed E-state index contributed by atoms with van der Waals surface area (Å²) >= 11 is 5.84. The highest BCUT2D eigenvalue weighted by molar-refractivity contribution is 6.22. The Morgan fingerprint density at radius 1 is 1.05 bits per heavy atom. The number of carbonyl (C=O) groups is 1. The highest BCUT2D eigenvalue weighted by Gasteiger charge is 2.18. The molecule has 4 nitrogen and oxygen atoms in total. The lowest BCUT2D eigenvalue weighted by Gasteiger charge is -2.02. The number of ketones is 1. The summed E-state index contributed by atoms with van der Waals surface area (Å²) in [4.78, 5) is 23.8. The lowest BCUT2D eigenvalue weighted by molar-refractivity contribution is 0.104. The third kappa shape index (κ3) is 1.86. The molecule has 0 radical (unpaired) electrons. The maximum absolute atomic E-state index is 12.4. The van der Waals surface area contributed by atoms with E-state index in [0.29, 0.717) is 22.2 Å². The van der Waals surface area contributed by atoms with Crippen LogP contribution >= 0.6 is 11.8 Å². The number of hydrogen-bond donors (Lipinski definition) is 0. The van der Waals surface area contributed by atoms with E-state index >= 15 is 0 Å². The summed E-state index contributed by atoms with van der Waals surface area (Å²) in [5.74, 6) is -0.911. The normalized spacial score (nSPS) is 10.8. The Bertz CT molecular complexity index is 818. The largest absolute Gasteiger partial charge is 0.435 e. The number of carbonyl (C=O) groups excluding carboxylic acids is 1. The molecule has 1 heterocycles. The van der Waals surface area contributed by atoms with Gasteiger partial charge in [-0.2, -0.15) is 4.09 Å². The second kappa shape index (κ2) is 4.40. The van der Waals surface area contributed by atoms with Gasteiger partial charge in [-0.25, -0.2) is 4.79 Å². The van der Waals surface area contributed by atoms with Gasteiger partial charge in [-0.1, -0.05) is 36.4 Å². The van der Waals surface area contributed by atoms with Gasteiger partial charge in [0.25, 0.3) is 0 Å². The van der Waals surface area contributed by atoms with Crippen LogP contribution in [0.3, 0.4) is 0 Å². The van der Waals surface area contributed by atoms with Crippen LogP contribution in [0.4, 0.5) is 0 Å². The Morgan fingerprint density at radius 2 is 1.79 bits per heavy atom. The zero-order valence-corrected chi connectivity index (χ0v) is 10.4. The molecule has 0 amide bonds. The third-order valence-electron chi connectivity index (χ3n) is 2.83. The first-order valence-electron chi connectivity index (χ1n) is 5.59. The van der Waals surface area contributed by atoms with Crippen LogP contribution in [0.5, 0.6) is 0 Å². The van der Waals surface area contributed by atoms with Gasteiger partial charge in [-0.3, -0.25) is 4.79 Å². The van der Waals surface area contributed by atoms with Crippen molar-refractivity contribution in [3.63, 3.8) is 0 Å². The average Bonchev–Trinajstić information content (AvgIpc) is 2.74. The molecular weight excluding hydrogens is 266 g/mol. The molecular formula is C14H8ClNO3. The molecule has 3 rings (SSSR count). The van der Waals surface area contributed by atoms with E-state index in [9.17, 15) is 9.59 Å². The van der Waals surface area contributed by atoms with Crippen LogP contribution < -0.4 is 5.76 Å². The maximum atomic E-state index is 12.4. The number of halogens is 1. The number of hydrogen-bond acceptors (Lipinski definition) is 3. The Labute approximate surface area is 112 Å². The predicted octanol–water partition coefficient (Wildman–Crippen LogP) is 2.83. The summed E-state index contributed by atoms with van der Waals surface area (Å²) in [6.07, 6.45) is 0. The minimum absolute atomic E-state index is 0.207. The lowest BCUT2D eigenvalue weighted by atomic mass is 10.0. The number of benzene rings is 2. The zero-order chi connectivity index (χ0) is 13.4. The maximum Gasteiger partial charge on any atom is 0.435 e. The average molecular weight is 274 g/mol. The van der Waals surface area contributed by atoms with Crippen molar-refractivity contribution in [2.45, 2.75) is 0 Å². The molecule has 5 heteroatoms. The van der Waals surface area contributed by atoms with Gasteiger partial charge in [-0.05, 0) is 12.1 Å². The lowest BCUT2D eigenvalue weighted by Crippen LogP contribution is -2.07. The van der Waals surface area contributed by atoms with E-state index in [0.717, 1.165) is 4.09 Å². The smallest absolute Gasteiger partial charge is 0.407 e. The minimum Gasteiger partial charge on any atom is -0.407 e. The second-order valence-corrected chi connectivity index (χ2v) is 4.33. The van der Waals surface area contributed by atoms with E-state index < -0.39 is 5.76 Å². The molecule has 0 fully saturated rings. The Hall–Kier alpha value is -2.33. The quantitative estimate of drug-likeness (QED) is 0.675. The summed E-state index contributed by atoms with van der Waals surface area (Å²) < 4.78 is 5.77. The summed E-state index contributed by atoms with van der Waals surface area (Å²) in [6, 6.07) is 13.6. The first kappa shape index (κ1) is 11.7. The summed E-state index contributed by atoms with van der Waals surface area (Å²) in [7, 11) is 0. The number of oxazole rings is 1. The summed E-state index contributed by atoms with van der Waals surface area (Å²) in [5, 5.41) is 0. The van der Waals surface area contributed by atoms with Crippen molar-refractivity contribution >= 4 is 28.7 Å². The third-order valence-corrected chi connectivity index (χ3v) is 3.14. The van der Waals surface area contributed by atoms with Crippen molar-refractivity contribution < 1.29 is 9.21 Å². The van der Waals surface area contributed by atoms with Crippen LogP contribution in [0.15, 0.2) is 57.7 Å². The van der Waals surface area contributed by atoms with Crippen LogP contribution in [-0.2, 0) is 0 Å². The topological polar surface area (TPSA) is 52.2 Å². The molecule has 0 saturated carbocycles. The first-order chi connectivity index (χ1) is 9.18. The molecule has 19 heavy (non-hydrogen) atoms. The van der Waals surface area contributed by atoms with Crippen LogP contribution in [0.25, 0.3) is 11.1 Å².